The number of aromatic nitrogens is 4. The molecule has 0 radical (unpaired) electrons. The van der Waals surface area contributed by atoms with E-state index in [9.17, 15) is 4.79 Å². The van der Waals surface area contributed by atoms with E-state index in [0.29, 0.717) is 11.5 Å². The van der Waals surface area contributed by atoms with Gasteiger partial charge in [0.25, 0.3) is 0 Å². The molecule has 1 heterocycles. The Kier molecular flexibility index (Phi) is 4.09. The average molecular weight is 274 g/mol. The normalized spacial score (nSPS) is 12.4. The van der Waals surface area contributed by atoms with Crippen molar-refractivity contribution in [2.45, 2.75) is 19.9 Å². The summed E-state index contributed by atoms with van der Waals surface area (Å²) in [7, 11) is 1.76. The van der Waals surface area contributed by atoms with E-state index in [0.717, 1.165) is 5.56 Å². The van der Waals surface area contributed by atoms with Crippen LogP contribution in [0.1, 0.15) is 13.8 Å². The monoisotopic (exact) mass is 274 g/mol. The molecule has 0 saturated carbocycles. The maximum Gasteiger partial charge on any atom is 0.241 e. The molecule has 7 nitrogen and oxygen atoms in total. The molecule has 1 atom stereocenters. The van der Waals surface area contributed by atoms with Gasteiger partial charge >= 0.3 is 0 Å². The lowest BCUT2D eigenvalue weighted by molar-refractivity contribution is -0.118. The van der Waals surface area contributed by atoms with Crippen molar-refractivity contribution in [3.05, 3.63) is 24.3 Å². The van der Waals surface area contributed by atoms with Crippen LogP contribution in [0, 0.1) is 5.92 Å². The van der Waals surface area contributed by atoms with Gasteiger partial charge in [0.1, 0.15) is 0 Å². The van der Waals surface area contributed by atoms with Crippen molar-refractivity contribution >= 4 is 11.6 Å². The molecule has 20 heavy (non-hydrogen) atoms. The highest BCUT2D eigenvalue weighted by Gasteiger charge is 2.17. The van der Waals surface area contributed by atoms with Crippen LogP contribution in [0.15, 0.2) is 24.3 Å². The zero-order valence-corrected chi connectivity index (χ0v) is 11.7. The van der Waals surface area contributed by atoms with Gasteiger partial charge in [0.05, 0.1) is 6.04 Å². The number of carbonyl (C=O) groups excluding carboxylic acids is 1. The first kappa shape index (κ1) is 14.1. The summed E-state index contributed by atoms with van der Waals surface area (Å²) in [4.78, 5) is 11.9. The molecule has 106 valence electrons. The average Bonchev–Trinajstić information content (AvgIpc) is 2.84. The maximum absolute atomic E-state index is 11.9. The van der Waals surface area contributed by atoms with Gasteiger partial charge in [-0.05, 0) is 28.5 Å². The van der Waals surface area contributed by atoms with Crippen LogP contribution in [0.25, 0.3) is 11.4 Å². The van der Waals surface area contributed by atoms with Gasteiger partial charge in [-0.1, -0.05) is 26.0 Å². The second-order valence-corrected chi connectivity index (χ2v) is 4.97. The minimum atomic E-state index is -0.532. The fourth-order valence-electron chi connectivity index (χ4n) is 1.74. The molecule has 7 heteroatoms. The van der Waals surface area contributed by atoms with E-state index in [4.69, 9.17) is 5.73 Å². The van der Waals surface area contributed by atoms with Gasteiger partial charge in [-0.2, -0.15) is 0 Å². The Hall–Kier alpha value is -2.28. The molecule has 0 aliphatic carbocycles. The van der Waals surface area contributed by atoms with Gasteiger partial charge in [-0.25, -0.2) is 4.68 Å². The molecular weight excluding hydrogens is 256 g/mol. The summed E-state index contributed by atoms with van der Waals surface area (Å²) in [6.07, 6.45) is 0. The van der Waals surface area contributed by atoms with Crippen LogP contribution in [0.4, 0.5) is 5.69 Å². The van der Waals surface area contributed by atoms with Crippen molar-refractivity contribution in [3.63, 3.8) is 0 Å². The lowest BCUT2D eigenvalue weighted by Crippen LogP contribution is -2.39. The van der Waals surface area contributed by atoms with Crippen molar-refractivity contribution in [2.24, 2.45) is 18.7 Å². The number of nitrogens with zero attached hydrogens (tertiary/aromatic N) is 4. The molecule has 1 aromatic heterocycles. The third-order valence-corrected chi connectivity index (χ3v) is 3.03. The van der Waals surface area contributed by atoms with E-state index in [2.05, 4.69) is 20.8 Å². The Labute approximate surface area is 117 Å². The number of nitrogens with two attached hydrogens (primary N) is 1. The Morgan fingerprint density at radius 2 is 2.15 bits per heavy atom. The van der Waals surface area contributed by atoms with E-state index in [-0.39, 0.29) is 11.8 Å². The lowest BCUT2D eigenvalue weighted by atomic mass is 10.0. The van der Waals surface area contributed by atoms with Crippen LogP contribution in [-0.2, 0) is 11.8 Å². The molecule has 2 rings (SSSR count). The number of amides is 1. The minimum Gasteiger partial charge on any atom is -0.325 e. The van der Waals surface area contributed by atoms with E-state index >= 15 is 0 Å². The van der Waals surface area contributed by atoms with E-state index in [1.807, 2.05) is 32.0 Å². The van der Waals surface area contributed by atoms with Crippen LogP contribution < -0.4 is 11.1 Å². The van der Waals surface area contributed by atoms with Crippen LogP contribution in [0.2, 0.25) is 0 Å². The third kappa shape index (κ3) is 3.00. The maximum atomic E-state index is 11.9. The second kappa shape index (κ2) is 5.79. The number of nitrogens with one attached hydrogen (secondary N) is 1. The topological polar surface area (TPSA) is 98.7 Å². The molecule has 1 amide bonds. The Morgan fingerprint density at radius 3 is 2.75 bits per heavy atom. The zero-order valence-electron chi connectivity index (χ0n) is 11.7. The number of hydrogen-bond acceptors (Lipinski definition) is 5. The van der Waals surface area contributed by atoms with Gasteiger partial charge in [-0.3, -0.25) is 4.79 Å². The number of aryl methyl sites for hydroxylation is 1. The fraction of sp³-hybridized carbons (Fsp3) is 0.385. The highest BCUT2D eigenvalue weighted by molar-refractivity contribution is 5.95. The van der Waals surface area contributed by atoms with Crippen LogP contribution >= 0.6 is 0 Å². The van der Waals surface area contributed by atoms with Crippen molar-refractivity contribution in [1.29, 1.82) is 0 Å². The molecule has 0 aliphatic rings. The largest absolute Gasteiger partial charge is 0.325 e. The van der Waals surface area contributed by atoms with Crippen molar-refractivity contribution in [2.75, 3.05) is 5.32 Å². The first-order valence-corrected chi connectivity index (χ1v) is 6.38. The van der Waals surface area contributed by atoms with E-state index < -0.39 is 6.04 Å². The SMILES string of the molecule is CC(C)[C@@H](N)C(=O)Nc1cccc(-c2nnnn2C)c1. The predicted molar refractivity (Wildman–Crippen MR) is 75.7 cm³/mol. The molecule has 0 fully saturated rings. The molecule has 0 aliphatic heterocycles. The van der Waals surface area contributed by atoms with Crippen molar-refractivity contribution in [3.8, 4) is 11.4 Å². The van der Waals surface area contributed by atoms with Crippen molar-refractivity contribution in [1.82, 2.24) is 20.2 Å². The highest BCUT2D eigenvalue weighted by atomic mass is 16.2. The highest BCUT2D eigenvalue weighted by Crippen LogP contribution is 2.19. The summed E-state index contributed by atoms with van der Waals surface area (Å²) in [6.45, 7) is 3.82. The first-order valence-electron chi connectivity index (χ1n) is 6.38. The van der Waals surface area contributed by atoms with Gasteiger partial charge in [0.2, 0.25) is 5.91 Å². The molecule has 0 saturated heterocycles. The molecule has 0 bridgehead atoms. The van der Waals surface area contributed by atoms with Crippen LogP contribution in [0.3, 0.4) is 0 Å². The number of benzene rings is 1. The van der Waals surface area contributed by atoms with Crippen LogP contribution in [0.5, 0.6) is 0 Å². The van der Waals surface area contributed by atoms with E-state index in [1.54, 1.807) is 17.8 Å². The number of tetrazole rings is 1. The van der Waals surface area contributed by atoms with Gasteiger partial charge in [-0.15, -0.1) is 5.10 Å². The van der Waals surface area contributed by atoms with E-state index in [1.165, 1.54) is 0 Å². The second-order valence-electron chi connectivity index (χ2n) is 4.97. The summed E-state index contributed by atoms with van der Waals surface area (Å²) < 4.78 is 1.57. The summed E-state index contributed by atoms with van der Waals surface area (Å²) in [5.41, 5.74) is 7.32. The first-order chi connectivity index (χ1) is 9.49. The molecule has 1 aromatic carbocycles. The summed E-state index contributed by atoms with van der Waals surface area (Å²) in [5, 5.41) is 14.1. The van der Waals surface area contributed by atoms with Gasteiger partial charge in [0, 0.05) is 18.3 Å². The Balaban J connectivity index is 2.19. The number of anilines is 1. The smallest absolute Gasteiger partial charge is 0.241 e. The third-order valence-electron chi connectivity index (χ3n) is 3.03. The molecular formula is C13H18N6O. The lowest BCUT2D eigenvalue weighted by Gasteiger charge is -2.15. The minimum absolute atomic E-state index is 0.0844. The number of hydrogen-bond donors (Lipinski definition) is 2. The van der Waals surface area contributed by atoms with Gasteiger partial charge < -0.3 is 11.1 Å². The molecule has 0 spiro atoms. The standard InChI is InChI=1S/C13H18N6O/c1-8(2)11(14)13(20)15-10-6-4-5-9(7-10)12-16-17-18-19(12)3/h4-8,11H,14H2,1-3H3,(H,15,20)/t11-/m1/s1. The Morgan fingerprint density at radius 1 is 1.40 bits per heavy atom. The summed E-state index contributed by atoms with van der Waals surface area (Å²) >= 11 is 0. The summed E-state index contributed by atoms with van der Waals surface area (Å²) in [5.74, 6) is 0.517. The molecule has 3 N–H and O–H groups in total. The van der Waals surface area contributed by atoms with Crippen LogP contribution in [-0.4, -0.2) is 32.2 Å². The quantitative estimate of drug-likeness (QED) is 0.859. The summed E-state index contributed by atoms with van der Waals surface area (Å²) in [6, 6.07) is 6.80. The molecule has 2 aromatic rings. The molecule has 0 unspecified atom stereocenters. The van der Waals surface area contributed by atoms with Crippen molar-refractivity contribution < 1.29 is 4.79 Å². The number of carbonyl (C=O) groups is 1. The van der Waals surface area contributed by atoms with Gasteiger partial charge in [0.15, 0.2) is 5.82 Å². The zero-order chi connectivity index (χ0) is 14.7. The number of rotatable bonds is 4. The Bertz CT molecular complexity index is 606. The fourth-order valence-corrected chi connectivity index (χ4v) is 1.74. The predicted octanol–water partition coefficient (Wildman–Crippen LogP) is 0.799.